The van der Waals surface area contributed by atoms with Crippen molar-refractivity contribution in [3.05, 3.63) is 23.9 Å². The van der Waals surface area contributed by atoms with Gasteiger partial charge in [-0.1, -0.05) is 19.9 Å². The van der Waals surface area contributed by atoms with Gasteiger partial charge in [0.1, 0.15) is 5.82 Å². The maximum Gasteiger partial charge on any atom is 0.126 e. The van der Waals surface area contributed by atoms with Crippen molar-refractivity contribution in [1.82, 2.24) is 10.3 Å². The number of nitrogens with zero attached hydrogens (tertiary/aromatic N) is 1. The van der Waals surface area contributed by atoms with E-state index in [1.807, 2.05) is 20.2 Å². The third-order valence-electron chi connectivity index (χ3n) is 5.19. The smallest absolute Gasteiger partial charge is 0.126 e. The van der Waals surface area contributed by atoms with Crippen molar-refractivity contribution in [2.45, 2.75) is 57.6 Å². The Morgan fingerprint density at radius 2 is 2.00 bits per heavy atom. The number of nitrogens with one attached hydrogen (secondary N) is 1. The third kappa shape index (κ3) is 3.55. The van der Waals surface area contributed by atoms with Gasteiger partial charge in [-0.05, 0) is 56.2 Å². The van der Waals surface area contributed by atoms with Gasteiger partial charge in [-0.3, -0.25) is 0 Å². The Morgan fingerprint density at radius 1 is 1.33 bits per heavy atom. The standard InChI is InChI=1S/C17H29N3O/c1-16(2)7-9-17(21-4,10-8-16)14(19-3)12-13-6-5-11-20-15(13)18/h5-6,11,14,19H,7-10,12H2,1-4H3,(H2,18,20). The van der Waals surface area contributed by atoms with Gasteiger partial charge in [0.15, 0.2) is 0 Å². The molecule has 4 heteroatoms. The topological polar surface area (TPSA) is 60.2 Å². The average molecular weight is 291 g/mol. The van der Waals surface area contributed by atoms with Crippen molar-refractivity contribution in [3.63, 3.8) is 0 Å². The number of methoxy groups -OCH3 is 1. The van der Waals surface area contributed by atoms with Crippen LogP contribution in [0.4, 0.5) is 5.82 Å². The summed E-state index contributed by atoms with van der Waals surface area (Å²) >= 11 is 0. The van der Waals surface area contributed by atoms with Gasteiger partial charge in [-0.25, -0.2) is 4.98 Å². The first kappa shape index (κ1) is 16.2. The van der Waals surface area contributed by atoms with E-state index in [-0.39, 0.29) is 11.6 Å². The molecule has 0 radical (unpaired) electrons. The van der Waals surface area contributed by atoms with Gasteiger partial charge in [0, 0.05) is 19.3 Å². The van der Waals surface area contributed by atoms with Crippen LogP contribution in [0.1, 0.15) is 45.1 Å². The second-order valence-corrected chi connectivity index (χ2v) is 7.03. The van der Waals surface area contributed by atoms with E-state index in [4.69, 9.17) is 10.5 Å². The lowest BCUT2D eigenvalue weighted by Gasteiger charge is -2.47. The Kier molecular flexibility index (Phi) is 4.89. The molecule has 4 nitrogen and oxygen atoms in total. The summed E-state index contributed by atoms with van der Waals surface area (Å²) < 4.78 is 6.01. The van der Waals surface area contributed by atoms with Gasteiger partial charge in [0.05, 0.1) is 5.60 Å². The number of ether oxygens (including phenoxy) is 1. The van der Waals surface area contributed by atoms with Crippen LogP contribution in [-0.4, -0.2) is 30.8 Å². The second kappa shape index (κ2) is 6.32. The first-order valence-electron chi connectivity index (χ1n) is 7.84. The predicted molar refractivity (Wildman–Crippen MR) is 87.2 cm³/mol. The number of nitrogens with two attached hydrogens (primary N) is 1. The van der Waals surface area contributed by atoms with E-state index in [0.717, 1.165) is 24.8 Å². The number of anilines is 1. The van der Waals surface area contributed by atoms with Crippen molar-refractivity contribution >= 4 is 5.82 Å². The molecule has 1 aromatic rings. The van der Waals surface area contributed by atoms with E-state index in [2.05, 4.69) is 30.2 Å². The fourth-order valence-corrected chi connectivity index (χ4v) is 3.44. The van der Waals surface area contributed by atoms with Crippen molar-refractivity contribution in [3.8, 4) is 0 Å². The number of likely N-dealkylation sites (N-methyl/N-ethyl adjacent to an activating group) is 1. The minimum absolute atomic E-state index is 0.105. The van der Waals surface area contributed by atoms with E-state index in [1.165, 1.54) is 12.8 Å². The normalized spacial score (nSPS) is 21.9. The Labute approximate surface area is 128 Å². The van der Waals surface area contributed by atoms with Crippen LogP contribution in [0.2, 0.25) is 0 Å². The molecule has 0 bridgehead atoms. The number of rotatable bonds is 5. The van der Waals surface area contributed by atoms with E-state index in [0.29, 0.717) is 11.2 Å². The third-order valence-corrected chi connectivity index (χ3v) is 5.19. The molecule has 1 aliphatic rings. The zero-order valence-electron chi connectivity index (χ0n) is 13.8. The largest absolute Gasteiger partial charge is 0.383 e. The van der Waals surface area contributed by atoms with Crippen LogP contribution in [0.5, 0.6) is 0 Å². The molecule has 0 spiro atoms. The fraction of sp³-hybridized carbons (Fsp3) is 0.706. The van der Waals surface area contributed by atoms with Gasteiger partial charge in [-0.2, -0.15) is 0 Å². The molecule has 1 aliphatic carbocycles. The highest BCUT2D eigenvalue weighted by molar-refractivity contribution is 5.39. The van der Waals surface area contributed by atoms with Gasteiger partial charge < -0.3 is 15.8 Å². The number of nitrogen functional groups attached to an aromatic ring is 1. The summed E-state index contributed by atoms with van der Waals surface area (Å²) in [6, 6.07) is 4.26. The molecule has 1 aromatic heterocycles. The van der Waals surface area contributed by atoms with Crippen LogP contribution < -0.4 is 11.1 Å². The van der Waals surface area contributed by atoms with Crippen LogP contribution in [0.15, 0.2) is 18.3 Å². The Hall–Kier alpha value is -1.13. The lowest BCUT2D eigenvalue weighted by Crippen LogP contribution is -2.54. The van der Waals surface area contributed by atoms with Crippen LogP contribution in [-0.2, 0) is 11.2 Å². The van der Waals surface area contributed by atoms with Crippen LogP contribution >= 0.6 is 0 Å². The average Bonchev–Trinajstić information content (AvgIpc) is 2.47. The predicted octanol–water partition coefficient (Wildman–Crippen LogP) is 2.78. The van der Waals surface area contributed by atoms with Crippen LogP contribution in [0, 0.1) is 5.41 Å². The van der Waals surface area contributed by atoms with Gasteiger partial charge in [-0.15, -0.1) is 0 Å². The summed E-state index contributed by atoms with van der Waals surface area (Å²) in [6.07, 6.45) is 7.15. The first-order valence-corrected chi connectivity index (χ1v) is 7.84. The Bertz CT molecular complexity index is 463. The molecular formula is C17H29N3O. The van der Waals surface area contributed by atoms with E-state index in [1.54, 1.807) is 6.20 Å². The molecule has 2 rings (SSSR count). The maximum atomic E-state index is 6.01. The zero-order chi connectivity index (χ0) is 15.5. The lowest BCUT2D eigenvalue weighted by molar-refractivity contribution is -0.0847. The van der Waals surface area contributed by atoms with E-state index < -0.39 is 0 Å². The Morgan fingerprint density at radius 3 is 2.52 bits per heavy atom. The van der Waals surface area contributed by atoms with Gasteiger partial charge >= 0.3 is 0 Å². The molecular weight excluding hydrogens is 262 g/mol. The second-order valence-electron chi connectivity index (χ2n) is 7.03. The molecule has 118 valence electrons. The molecule has 21 heavy (non-hydrogen) atoms. The van der Waals surface area contributed by atoms with Crippen molar-refractivity contribution < 1.29 is 4.74 Å². The summed E-state index contributed by atoms with van der Waals surface area (Å²) in [6.45, 7) is 4.69. The summed E-state index contributed by atoms with van der Waals surface area (Å²) in [5.74, 6) is 0.625. The van der Waals surface area contributed by atoms with Crippen LogP contribution in [0.3, 0.4) is 0 Å². The quantitative estimate of drug-likeness (QED) is 0.876. The summed E-state index contributed by atoms with van der Waals surface area (Å²) in [4.78, 5) is 4.19. The number of aromatic nitrogens is 1. The molecule has 1 saturated carbocycles. The highest BCUT2D eigenvalue weighted by Crippen LogP contribution is 2.44. The number of pyridine rings is 1. The molecule has 0 amide bonds. The fourth-order valence-electron chi connectivity index (χ4n) is 3.44. The highest BCUT2D eigenvalue weighted by atomic mass is 16.5. The summed E-state index contributed by atoms with van der Waals surface area (Å²) in [5.41, 5.74) is 7.42. The number of hydrogen-bond acceptors (Lipinski definition) is 4. The van der Waals surface area contributed by atoms with Crippen molar-refractivity contribution in [1.29, 1.82) is 0 Å². The van der Waals surface area contributed by atoms with E-state index >= 15 is 0 Å². The lowest BCUT2D eigenvalue weighted by atomic mass is 9.67. The molecule has 0 aliphatic heterocycles. The maximum absolute atomic E-state index is 6.01. The number of hydrogen-bond donors (Lipinski definition) is 2. The Balaban J connectivity index is 2.17. The SMILES string of the molecule is CNC(Cc1cccnc1N)C1(OC)CCC(C)(C)CC1. The van der Waals surface area contributed by atoms with Gasteiger partial charge in [0.2, 0.25) is 0 Å². The molecule has 1 unspecified atom stereocenters. The molecule has 1 heterocycles. The van der Waals surface area contributed by atoms with Crippen molar-refractivity contribution in [2.24, 2.45) is 5.41 Å². The monoisotopic (exact) mass is 291 g/mol. The molecule has 3 N–H and O–H groups in total. The summed E-state index contributed by atoms with van der Waals surface area (Å²) in [5, 5.41) is 3.46. The minimum atomic E-state index is -0.105. The highest BCUT2D eigenvalue weighted by Gasteiger charge is 2.43. The first-order chi connectivity index (χ1) is 9.92. The molecule has 0 saturated heterocycles. The summed E-state index contributed by atoms with van der Waals surface area (Å²) in [7, 11) is 3.85. The van der Waals surface area contributed by atoms with Gasteiger partial charge in [0.25, 0.3) is 0 Å². The molecule has 0 aromatic carbocycles. The van der Waals surface area contributed by atoms with Crippen molar-refractivity contribution in [2.75, 3.05) is 19.9 Å². The molecule has 1 atom stereocenters. The van der Waals surface area contributed by atoms with Crippen LogP contribution in [0.25, 0.3) is 0 Å². The zero-order valence-corrected chi connectivity index (χ0v) is 13.8. The molecule has 1 fully saturated rings. The minimum Gasteiger partial charge on any atom is -0.383 e. The van der Waals surface area contributed by atoms with E-state index in [9.17, 15) is 0 Å².